The average molecular weight is 405 g/mol. The normalized spacial score (nSPS) is 18.2. The van der Waals surface area contributed by atoms with E-state index < -0.39 is 23.5 Å². The van der Waals surface area contributed by atoms with Crippen LogP contribution in [0, 0.1) is 0 Å². The van der Waals surface area contributed by atoms with Gasteiger partial charge in [-0.25, -0.2) is 4.98 Å². The first-order chi connectivity index (χ1) is 14.1. The molecule has 2 heterocycles. The number of aromatic nitrogens is 1. The highest BCUT2D eigenvalue weighted by Crippen LogP contribution is 2.41. The first-order valence-corrected chi connectivity index (χ1v) is 9.47. The number of nitrogens with one attached hydrogen (secondary N) is 1. The number of H-pyrrole nitrogens is 1. The van der Waals surface area contributed by atoms with Crippen molar-refractivity contribution in [3.63, 3.8) is 0 Å². The maximum Gasteiger partial charge on any atom is 0.295 e. The van der Waals surface area contributed by atoms with Gasteiger partial charge in [0, 0.05) is 22.2 Å². The van der Waals surface area contributed by atoms with Crippen molar-refractivity contribution < 1.29 is 19.7 Å². The lowest BCUT2D eigenvalue weighted by molar-refractivity contribution is -0.378. The molecule has 1 atom stereocenters. The van der Waals surface area contributed by atoms with E-state index >= 15 is 0 Å². The van der Waals surface area contributed by atoms with E-state index in [-0.39, 0.29) is 12.1 Å². The summed E-state index contributed by atoms with van der Waals surface area (Å²) in [7, 11) is 0. The largest absolute Gasteiger partial charge is 0.872 e. The third-order valence-electron chi connectivity index (χ3n) is 4.89. The smallest absolute Gasteiger partial charge is 0.295 e. The average Bonchev–Trinajstić information content (AvgIpc) is 3.00. The Morgan fingerprint density at radius 3 is 2.41 bits per heavy atom. The van der Waals surface area contributed by atoms with Gasteiger partial charge in [0.25, 0.3) is 5.91 Å². The number of halogens is 1. The number of nitrogens with zero attached hydrogens (tertiary/aromatic N) is 1. The highest BCUT2D eigenvalue weighted by Gasteiger charge is 2.44. The summed E-state index contributed by atoms with van der Waals surface area (Å²) in [5.41, 5.74) is 1.64. The monoisotopic (exact) mass is 404 g/mol. The summed E-state index contributed by atoms with van der Waals surface area (Å²) in [5, 5.41) is 13.6. The fourth-order valence-corrected chi connectivity index (χ4v) is 3.76. The Hall–Kier alpha value is -3.44. The molecule has 2 aromatic carbocycles. The second kappa shape index (κ2) is 7.89. The molecule has 1 N–H and O–H groups in total. The molecule has 0 radical (unpaired) electrons. The minimum atomic E-state index is -0.850. The number of likely N-dealkylation sites (tertiary alicyclic amines) is 1. The van der Waals surface area contributed by atoms with E-state index in [9.17, 15) is 14.7 Å². The molecule has 0 bridgehead atoms. The zero-order valence-electron chi connectivity index (χ0n) is 15.3. The molecule has 5 nitrogen and oxygen atoms in total. The van der Waals surface area contributed by atoms with Crippen molar-refractivity contribution in [2.45, 2.75) is 12.6 Å². The van der Waals surface area contributed by atoms with Crippen molar-refractivity contribution in [2.24, 2.45) is 0 Å². The van der Waals surface area contributed by atoms with Gasteiger partial charge in [-0.2, -0.15) is 0 Å². The fraction of sp³-hybridized carbons (Fsp3) is 0.0870. The first-order valence-electron chi connectivity index (χ1n) is 9.09. The third-order valence-corrected chi connectivity index (χ3v) is 5.23. The lowest BCUT2D eigenvalue weighted by Gasteiger charge is -2.27. The van der Waals surface area contributed by atoms with Gasteiger partial charge in [0.2, 0.25) is 5.78 Å². The van der Waals surface area contributed by atoms with E-state index in [0.717, 1.165) is 5.56 Å². The van der Waals surface area contributed by atoms with Crippen LogP contribution >= 0.6 is 11.6 Å². The summed E-state index contributed by atoms with van der Waals surface area (Å²) < 4.78 is 0. The van der Waals surface area contributed by atoms with Crippen LogP contribution < -0.4 is 10.1 Å². The third kappa shape index (κ3) is 3.52. The van der Waals surface area contributed by atoms with Crippen LogP contribution in [0.15, 0.2) is 84.7 Å². The summed E-state index contributed by atoms with van der Waals surface area (Å²) >= 11 is 6.40. The molecule has 0 aliphatic carbocycles. The van der Waals surface area contributed by atoms with Gasteiger partial charge in [-0.15, -0.1) is 0 Å². The van der Waals surface area contributed by atoms with Crippen LogP contribution in [0.5, 0.6) is 0 Å². The Morgan fingerprint density at radius 2 is 1.72 bits per heavy atom. The number of amides is 1. The zero-order chi connectivity index (χ0) is 20.4. The summed E-state index contributed by atoms with van der Waals surface area (Å²) in [6.45, 7) is 0.170. The van der Waals surface area contributed by atoms with Crippen molar-refractivity contribution in [3.8, 4) is 0 Å². The zero-order valence-corrected chi connectivity index (χ0v) is 16.1. The van der Waals surface area contributed by atoms with Gasteiger partial charge in [0.15, 0.2) is 12.4 Å². The predicted octanol–water partition coefficient (Wildman–Crippen LogP) is 2.58. The van der Waals surface area contributed by atoms with Crippen LogP contribution in [0.2, 0.25) is 5.02 Å². The molecule has 1 aliphatic rings. The van der Waals surface area contributed by atoms with Crippen LogP contribution in [-0.2, 0) is 16.1 Å². The number of pyridine rings is 1. The number of rotatable bonds is 4. The Bertz CT molecular complexity index is 1100. The Kier molecular flexibility index (Phi) is 5.14. The predicted molar refractivity (Wildman–Crippen MR) is 106 cm³/mol. The number of carbonyl (C=O) groups excluding carboxylic acids is 2. The number of aromatic amines is 1. The highest BCUT2D eigenvalue weighted by molar-refractivity contribution is 6.46. The highest BCUT2D eigenvalue weighted by atomic mass is 35.5. The molecule has 6 heteroatoms. The van der Waals surface area contributed by atoms with Gasteiger partial charge in [0.05, 0.1) is 12.6 Å². The molecule has 3 aromatic rings. The lowest BCUT2D eigenvalue weighted by Crippen LogP contribution is -2.29. The molecule has 29 heavy (non-hydrogen) atoms. The maximum atomic E-state index is 13.2. The first kappa shape index (κ1) is 18.9. The van der Waals surface area contributed by atoms with E-state index in [0.29, 0.717) is 16.1 Å². The maximum absolute atomic E-state index is 13.2. The van der Waals surface area contributed by atoms with Crippen molar-refractivity contribution in [3.05, 3.63) is 106 Å². The van der Waals surface area contributed by atoms with Crippen molar-refractivity contribution >= 4 is 29.1 Å². The number of carbonyl (C=O) groups is 2. The van der Waals surface area contributed by atoms with Crippen molar-refractivity contribution in [2.75, 3.05) is 0 Å². The lowest BCUT2D eigenvalue weighted by atomic mass is 9.95. The number of hydrogen-bond acceptors (Lipinski definition) is 3. The molecule has 4 rings (SSSR count). The van der Waals surface area contributed by atoms with E-state index in [1.54, 1.807) is 67.0 Å². The van der Waals surface area contributed by atoms with E-state index in [4.69, 9.17) is 11.6 Å². The molecule has 1 unspecified atom stereocenters. The second-order valence-electron chi connectivity index (χ2n) is 6.71. The molecular formula is C23H17ClN2O3. The van der Waals surface area contributed by atoms with E-state index in [1.807, 2.05) is 12.1 Å². The van der Waals surface area contributed by atoms with Crippen LogP contribution in [0.1, 0.15) is 22.7 Å². The Morgan fingerprint density at radius 1 is 1.00 bits per heavy atom. The number of benzene rings is 2. The van der Waals surface area contributed by atoms with Crippen molar-refractivity contribution in [1.29, 1.82) is 0 Å². The van der Waals surface area contributed by atoms with Gasteiger partial charge in [-0.1, -0.05) is 65.9 Å². The fourth-order valence-electron chi connectivity index (χ4n) is 3.52. The van der Waals surface area contributed by atoms with Gasteiger partial charge < -0.3 is 10.0 Å². The Labute approximate surface area is 172 Å². The van der Waals surface area contributed by atoms with Crippen LogP contribution in [0.4, 0.5) is 0 Å². The molecule has 1 fully saturated rings. The SMILES string of the molecule is O=C1C(=O)N(Cc2ccc[nH+]c2)C(c2ccccc2Cl)/C1=C(\[O-])c1ccccc1. The molecule has 1 amide bonds. The van der Waals surface area contributed by atoms with Gasteiger partial charge in [-0.3, -0.25) is 9.59 Å². The quantitative estimate of drug-likeness (QED) is 0.381. The standard InChI is InChI=1S/C23H17ClN2O3/c24-18-11-5-4-10-17(18)20-19(21(27)16-8-2-1-3-9-16)22(28)23(29)26(20)14-15-7-6-12-25-13-15/h1-13,20,27H,14H2/b21-19+. The van der Waals surface area contributed by atoms with Crippen LogP contribution in [0.3, 0.4) is 0 Å². The minimum Gasteiger partial charge on any atom is -0.872 e. The minimum absolute atomic E-state index is 0.0748. The van der Waals surface area contributed by atoms with Crippen LogP contribution in [0.25, 0.3) is 5.76 Å². The van der Waals surface area contributed by atoms with E-state index in [1.165, 1.54) is 4.90 Å². The summed E-state index contributed by atoms with van der Waals surface area (Å²) in [5.74, 6) is -1.96. The second-order valence-corrected chi connectivity index (χ2v) is 7.11. The number of hydrogen-bond donors (Lipinski definition) is 0. The molecule has 0 saturated carbocycles. The van der Waals surface area contributed by atoms with Crippen molar-refractivity contribution in [1.82, 2.24) is 4.90 Å². The molecule has 1 saturated heterocycles. The molecule has 0 spiro atoms. The summed E-state index contributed by atoms with van der Waals surface area (Å²) in [4.78, 5) is 30.2. The summed E-state index contributed by atoms with van der Waals surface area (Å²) in [6, 6.07) is 18.2. The van der Waals surface area contributed by atoms with Gasteiger partial charge >= 0.3 is 0 Å². The number of Topliss-reactive ketones (excluding diaryl/α,β-unsaturated/α-hetero) is 1. The van der Waals surface area contributed by atoms with Gasteiger partial charge in [-0.05, 0) is 23.3 Å². The Balaban J connectivity index is 1.89. The van der Waals surface area contributed by atoms with Crippen LogP contribution in [-0.4, -0.2) is 16.6 Å². The molecular weight excluding hydrogens is 388 g/mol. The topological polar surface area (TPSA) is 74.6 Å². The molecule has 144 valence electrons. The number of ketones is 1. The molecule has 1 aromatic heterocycles. The van der Waals surface area contributed by atoms with Gasteiger partial charge in [0.1, 0.15) is 0 Å². The summed E-state index contributed by atoms with van der Waals surface area (Å²) in [6.07, 6.45) is 3.50. The molecule has 1 aliphatic heterocycles. The van der Waals surface area contributed by atoms with E-state index in [2.05, 4.69) is 4.98 Å².